The predicted octanol–water partition coefficient (Wildman–Crippen LogP) is 2.81. The van der Waals surface area contributed by atoms with Crippen molar-refractivity contribution in [3.63, 3.8) is 0 Å². The second-order valence-electron chi connectivity index (χ2n) is 7.99. The third kappa shape index (κ3) is 4.03. The van der Waals surface area contributed by atoms with Crippen LogP contribution in [-0.4, -0.2) is 43.2 Å². The SMILES string of the molecule is Cc1ccc(NC(=O)[C@@H]2CCCN2S(=O)(=O)c2cc3c(cc2C)NC(=O)[C@@H](C)O3)cc1. The summed E-state index contributed by atoms with van der Waals surface area (Å²) in [7, 11) is -3.95. The van der Waals surface area contributed by atoms with Gasteiger partial charge in [0.05, 0.1) is 10.6 Å². The Balaban J connectivity index is 1.62. The molecule has 9 heteroatoms. The number of nitrogens with one attached hydrogen (secondary N) is 2. The average Bonchev–Trinajstić information content (AvgIpc) is 3.21. The Morgan fingerprint density at radius 3 is 2.61 bits per heavy atom. The van der Waals surface area contributed by atoms with Crippen LogP contribution in [0.5, 0.6) is 5.75 Å². The van der Waals surface area contributed by atoms with Crippen LogP contribution in [-0.2, 0) is 19.6 Å². The van der Waals surface area contributed by atoms with Crippen molar-refractivity contribution in [1.82, 2.24) is 4.31 Å². The second-order valence-corrected chi connectivity index (χ2v) is 9.85. The maximum atomic E-state index is 13.5. The third-order valence-corrected chi connectivity index (χ3v) is 7.67. The average molecular weight is 444 g/mol. The number of hydrogen-bond donors (Lipinski definition) is 2. The first-order valence-corrected chi connectivity index (χ1v) is 11.6. The van der Waals surface area contributed by atoms with E-state index in [-0.39, 0.29) is 23.3 Å². The molecule has 0 aliphatic carbocycles. The number of carbonyl (C=O) groups excluding carboxylic acids is 2. The molecule has 2 atom stereocenters. The largest absolute Gasteiger partial charge is 0.479 e. The monoisotopic (exact) mass is 443 g/mol. The fraction of sp³-hybridized carbons (Fsp3) is 0.364. The molecule has 0 aromatic heterocycles. The van der Waals surface area contributed by atoms with E-state index >= 15 is 0 Å². The Labute approximate surface area is 181 Å². The molecule has 2 aliphatic heterocycles. The van der Waals surface area contributed by atoms with Gasteiger partial charge in [-0.1, -0.05) is 17.7 Å². The lowest BCUT2D eigenvalue weighted by Gasteiger charge is -2.27. The van der Waals surface area contributed by atoms with Crippen molar-refractivity contribution in [2.24, 2.45) is 0 Å². The lowest BCUT2D eigenvalue weighted by molar-refractivity contribution is -0.122. The first-order chi connectivity index (χ1) is 14.7. The van der Waals surface area contributed by atoms with E-state index < -0.39 is 22.2 Å². The zero-order chi connectivity index (χ0) is 22.3. The van der Waals surface area contributed by atoms with E-state index in [1.54, 1.807) is 32.0 Å². The highest BCUT2D eigenvalue weighted by atomic mass is 32.2. The number of benzene rings is 2. The summed E-state index contributed by atoms with van der Waals surface area (Å²) in [6, 6.07) is 9.58. The molecule has 0 unspecified atom stereocenters. The Hall–Kier alpha value is -2.91. The number of amides is 2. The summed E-state index contributed by atoms with van der Waals surface area (Å²) in [5.41, 5.74) is 2.61. The third-order valence-electron chi connectivity index (χ3n) is 5.62. The van der Waals surface area contributed by atoms with Crippen molar-refractivity contribution in [2.75, 3.05) is 17.2 Å². The summed E-state index contributed by atoms with van der Waals surface area (Å²) in [6.45, 7) is 5.47. The molecule has 164 valence electrons. The normalized spacial score (nSPS) is 21.2. The van der Waals surface area contributed by atoms with Crippen LogP contribution in [0.25, 0.3) is 0 Å². The van der Waals surface area contributed by atoms with E-state index in [0.29, 0.717) is 35.5 Å². The van der Waals surface area contributed by atoms with Crippen molar-refractivity contribution < 1.29 is 22.7 Å². The van der Waals surface area contributed by atoms with E-state index in [9.17, 15) is 18.0 Å². The topological polar surface area (TPSA) is 105 Å². The number of anilines is 2. The van der Waals surface area contributed by atoms with Crippen molar-refractivity contribution in [2.45, 2.75) is 50.7 Å². The minimum absolute atomic E-state index is 0.0737. The van der Waals surface area contributed by atoms with Crippen molar-refractivity contribution in [3.8, 4) is 5.75 Å². The fourth-order valence-corrected chi connectivity index (χ4v) is 5.78. The van der Waals surface area contributed by atoms with Gasteiger partial charge in [0.25, 0.3) is 5.91 Å². The molecular formula is C22H25N3O5S. The smallest absolute Gasteiger partial charge is 0.265 e. The van der Waals surface area contributed by atoms with Gasteiger partial charge in [0.15, 0.2) is 6.10 Å². The molecule has 8 nitrogen and oxygen atoms in total. The van der Waals surface area contributed by atoms with Gasteiger partial charge >= 0.3 is 0 Å². The highest BCUT2D eigenvalue weighted by Gasteiger charge is 2.40. The van der Waals surface area contributed by atoms with Gasteiger partial charge in [-0.05, 0) is 57.4 Å². The van der Waals surface area contributed by atoms with E-state index in [4.69, 9.17) is 4.74 Å². The van der Waals surface area contributed by atoms with E-state index in [0.717, 1.165) is 5.56 Å². The van der Waals surface area contributed by atoms with Crippen LogP contribution in [0.3, 0.4) is 0 Å². The zero-order valence-electron chi connectivity index (χ0n) is 17.6. The van der Waals surface area contributed by atoms with Gasteiger partial charge < -0.3 is 15.4 Å². The van der Waals surface area contributed by atoms with Crippen molar-refractivity contribution in [3.05, 3.63) is 47.5 Å². The molecule has 2 amide bonds. The zero-order valence-corrected chi connectivity index (χ0v) is 18.5. The highest BCUT2D eigenvalue weighted by molar-refractivity contribution is 7.89. The van der Waals surface area contributed by atoms with Gasteiger partial charge in [0.1, 0.15) is 11.8 Å². The molecule has 2 aromatic rings. The first-order valence-electron chi connectivity index (χ1n) is 10.2. The standard InChI is InChI=1S/C22H25N3O5S/c1-13-6-8-16(9-7-13)23-22(27)18-5-4-10-25(18)31(28,29)20-12-19-17(11-14(20)2)24-21(26)15(3)30-19/h6-9,11-12,15,18H,4-5,10H2,1-3H3,(H,23,27)(H,24,26)/t15-,18+/m1/s1. The first kappa shape index (κ1) is 21.3. The van der Waals surface area contributed by atoms with Crippen LogP contribution < -0.4 is 15.4 Å². The van der Waals surface area contributed by atoms with Gasteiger partial charge in [-0.15, -0.1) is 0 Å². The molecule has 0 radical (unpaired) electrons. The minimum Gasteiger partial charge on any atom is -0.479 e. The number of sulfonamides is 1. The molecule has 2 aromatic carbocycles. The van der Waals surface area contributed by atoms with Gasteiger partial charge in [0, 0.05) is 18.3 Å². The number of rotatable bonds is 4. The van der Waals surface area contributed by atoms with Gasteiger partial charge in [-0.2, -0.15) is 4.31 Å². The van der Waals surface area contributed by atoms with Gasteiger partial charge in [-0.3, -0.25) is 9.59 Å². The molecule has 0 saturated carbocycles. The Morgan fingerprint density at radius 1 is 1.19 bits per heavy atom. The molecule has 1 saturated heterocycles. The lowest BCUT2D eigenvalue weighted by atomic mass is 10.1. The van der Waals surface area contributed by atoms with E-state index in [2.05, 4.69) is 10.6 Å². The van der Waals surface area contributed by atoms with Crippen LogP contribution in [0, 0.1) is 13.8 Å². The number of ether oxygens (including phenoxy) is 1. The Kier molecular flexibility index (Phi) is 5.49. The summed E-state index contributed by atoms with van der Waals surface area (Å²) >= 11 is 0. The molecule has 2 heterocycles. The molecule has 2 aliphatic rings. The predicted molar refractivity (Wildman–Crippen MR) is 117 cm³/mol. The number of aryl methyl sites for hydroxylation is 2. The quantitative estimate of drug-likeness (QED) is 0.756. The van der Waals surface area contributed by atoms with E-state index in [1.807, 2.05) is 19.1 Å². The van der Waals surface area contributed by atoms with E-state index in [1.165, 1.54) is 10.4 Å². The van der Waals surface area contributed by atoms with Gasteiger partial charge in [-0.25, -0.2) is 8.42 Å². The molecule has 2 N–H and O–H groups in total. The van der Waals surface area contributed by atoms with Crippen molar-refractivity contribution >= 4 is 33.2 Å². The molecule has 1 fully saturated rings. The summed E-state index contributed by atoms with van der Waals surface area (Å²) in [4.78, 5) is 24.8. The molecule has 31 heavy (non-hydrogen) atoms. The number of nitrogens with zero attached hydrogens (tertiary/aromatic N) is 1. The lowest BCUT2D eigenvalue weighted by Crippen LogP contribution is -2.43. The summed E-state index contributed by atoms with van der Waals surface area (Å²) in [6.07, 6.45) is 0.328. The number of carbonyl (C=O) groups is 2. The highest BCUT2D eigenvalue weighted by Crippen LogP contribution is 2.37. The number of fused-ring (bicyclic) bond motifs is 1. The van der Waals surface area contributed by atoms with Crippen molar-refractivity contribution in [1.29, 1.82) is 0 Å². The summed E-state index contributed by atoms with van der Waals surface area (Å²) < 4.78 is 33.8. The Morgan fingerprint density at radius 2 is 1.90 bits per heavy atom. The maximum Gasteiger partial charge on any atom is 0.265 e. The minimum atomic E-state index is -3.95. The molecular weight excluding hydrogens is 418 g/mol. The number of hydrogen-bond acceptors (Lipinski definition) is 5. The van der Waals surface area contributed by atoms with Gasteiger partial charge in [0.2, 0.25) is 15.9 Å². The summed E-state index contributed by atoms with van der Waals surface area (Å²) in [5, 5.41) is 5.54. The molecule has 0 bridgehead atoms. The van der Waals surface area contributed by atoms with Crippen LogP contribution in [0.1, 0.15) is 30.9 Å². The van der Waals surface area contributed by atoms with Crippen LogP contribution >= 0.6 is 0 Å². The molecule has 4 rings (SSSR count). The molecule has 0 spiro atoms. The fourth-order valence-electron chi connectivity index (χ4n) is 3.90. The maximum absolute atomic E-state index is 13.5. The van der Waals surface area contributed by atoms with Crippen LogP contribution in [0.2, 0.25) is 0 Å². The van der Waals surface area contributed by atoms with Crippen LogP contribution in [0.15, 0.2) is 41.3 Å². The second kappa shape index (κ2) is 7.97. The Bertz CT molecular complexity index is 1140. The summed E-state index contributed by atoms with van der Waals surface area (Å²) in [5.74, 6) is -0.330. The van der Waals surface area contributed by atoms with Crippen LogP contribution in [0.4, 0.5) is 11.4 Å².